The summed E-state index contributed by atoms with van der Waals surface area (Å²) < 4.78 is 1.78. The maximum Gasteiger partial charge on any atom is 0.354 e. The standard InChI is InChI=1S/C10H7NO3.C9H7NO.C7H6N2O.C7H7NO2.C6H7N.C5H8N2O.C5H7NO2.C4H6N2O/c12-8-3-1-2-6-4-5-7(10(13)14)11-9(6)8;11-8-5-1-3-7-4-2-6-10-9(7)8;10-6-3-1-2-5-7(6)9-4-8-5;9-7(10)5-6-3-1-2-4-8-6;1-6-4-2-3-5-7-6;1-7-3-2-6-5(7)4-8;1-3-4(6-2)5(7)8;7-2-4-1-5-3-6-4/h1-5,12H,(H,13,14);1-6,11H;1-4,10H,(H,8,9);1-4H,5H2,(H,9,10);2-5H,1H3;2-3,8H,4H2,1H3;3H,1H2,2H3,(H,7,8);1,3,7H,2H2,(H,5,6). The third-order valence-corrected chi connectivity index (χ3v) is 9.27. The minimum Gasteiger partial charge on any atom is -0.506 e. The molecule has 0 fully saturated rings. The van der Waals surface area contributed by atoms with E-state index in [4.69, 9.17) is 25.5 Å². The molecule has 22 nitrogen and oxygen atoms in total. The van der Waals surface area contributed by atoms with Crippen molar-refractivity contribution in [1.29, 1.82) is 0 Å². The van der Waals surface area contributed by atoms with E-state index in [0.29, 0.717) is 28.1 Å². The monoisotopic (exact) mass is 1020 g/mol. The number of phenols is 3. The predicted octanol–water partition coefficient (Wildman–Crippen LogP) is 7.09. The highest BCUT2D eigenvalue weighted by Crippen LogP contribution is 2.23. The van der Waals surface area contributed by atoms with Gasteiger partial charge in [-0.3, -0.25) is 24.7 Å². The molecule has 3 aromatic carbocycles. The molecular formula is C53H55N11O11. The summed E-state index contributed by atoms with van der Waals surface area (Å²) in [4.78, 5) is 66.8. The number of aryl methyl sites for hydroxylation is 2. The number of fused-ring (bicyclic) bond motifs is 3. The molecule has 10 N–H and O–H groups in total. The maximum atomic E-state index is 10.6. The molecule has 7 heterocycles. The minimum absolute atomic E-state index is 0.000833. The molecule has 0 aliphatic heterocycles. The van der Waals surface area contributed by atoms with Gasteiger partial charge in [0.05, 0.1) is 48.8 Å². The van der Waals surface area contributed by atoms with Crippen LogP contribution in [0.5, 0.6) is 17.2 Å². The lowest BCUT2D eigenvalue weighted by atomic mass is 10.2. The highest BCUT2D eigenvalue weighted by Gasteiger charge is 2.07. The molecule has 0 bridgehead atoms. The van der Waals surface area contributed by atoms with Crippen LogP contribution in [0.2, 0.25) is 0 Å². The van der Waals surface area contributed by atoms with Gasteiger partial charge >= 0.3 is 17.9 Å². The number of aliphatic carboxylic acids is 2. The number of carboxylic acids is 3. The van der Waals surface area contributed by atoms with E-state index >= 15 is 0 Å². The van der Waals surface area contributed by atoms with Gasteiger partial charge in [0.25, 0.3) is 0 Å². The molecule has 7 aromatic heterocycles. The van der Waals surface area contributed by atoms with E-state index < -0.39 is 17.9 Å². The number of para-hydroxylation sites is 3. The van der Waals surface area contributed by atoms with Crippen LogP contribution in [0, 0.1) is 6.92 Å². The maximum absolute atomic E-state index is 10.6. The number of nitrogens with zero attached hydrogens (tertiary/aromatic N) is 9. The quantitative estimate of drug-likeness (QED) is 0.0712. The van der Waals surface area contributed by atoms with E-state index in [1.807, 2.05) is 56.4 Å². The molecule has 388 valence electrons. The Kier molecular flexibility index (Phi) is 25.7. The van der Waals surface area contributed by atoms with Crippen molar-refractivity contribution < 1.29 is 55.2 Å². The number of aliphatic hydroxyl groups excluding tert-OH is 2. The van der Waals surface area contributed by atoms with Crippen LogP contribution in [0.25, 0.3) is 32.8 Å². The molecule has 0 unspecified atom stereocenters. The number of rotatable bonds is 7. The fourth-order valence-corrected chi connectivity index (χ4v) is 5.59. The molecule has 22 heteroatoms. The normalized spacial score (nSPS) is 9.91. The summed E-state index contributed by atoms with van der Waals surface area (Å²) >= 11 is 0. The van der Waals surface area contributed by atoms with Gasteiger partial charge in [-0.05, 0) is 73.7 Å². The zero-order valence-corrected chi connectivity index (χ0v) is 40.8. The summed E-state index contributed by atoms with van der Waals surface area (Å²) in [6, 6.07) is 33.4. The summed E-state index contributed by atoms with van der Waals surface area (Å²) in [6.07, 6.45) is 14.4. The molecule has 75 heavy (non-hydrogen) atoms. The van der Waals surface area contributed by atoms with Crippen molar-refractivity contribution in [2.45, 2.75) is 26.6 Å². The lowest BCUT2D eigenvalue weighted by Crippen LogP contribution is -2.08. The van der Waals surface area contributed by atoms with Crippen molar-refractivity contribution in [1.82, 2.24) is 49.4 Å². The molecule has 0 saturated carbocycles. The molecule has 0 spiro atoms. The molecule has 0 atom stereocenters. The largest absolute Gasteiger partial charge is 0.506 e. The van der Waals surface area contributed by atoms with Crippen molar-refractivity contribution in [3.8, 4) is 17.2 Å². The number of phenolic OH excluding ortho intramolecular Hbond substituents is 3. The topological polar surface area (TPSA) is 352 Å². The number of aromatic hydroxyl groups is 3. The summed E-state index contributed by atoms with van der Waals surface area (Å²) in [5, 5.41) is 71.7. The van der Waals surface area contributed by atoms with Crippen LogP contribution in [-0.4, -0.2) is 121 Å². The Hall–Kier alpha value is -10.2. The second-order valence-corrected chi connectivity index (χ2v) is 14.6. The van der Waals surface area contributed by atoms with Crippen LogP contribution in [-0.2, 0) is 36.3 Å². The molecule has 0 aliphatic carbocycles. The number of nitrogens with one attached hydrogen (secondary N) is 2. The Labute approximate surface area is 429 Å². The Morgan fingerprint density at radius 3 is 1.72 bits per heavy atom. The summed E-state index contributed by atoms with van der Waals surface area (Å²) in [5.41, 5.74) is 4.80. The van der Waals surface area contributed by atoms with Gasteiger partial charge in [0, 0.05) is 61.5 Å². The second-order valence-electron chi connectivity index (χ2n) is 14.6. The Bertz CT molecular complexity index is 3310. The Balaban J connectivity index is 0.000000228. The van der Waals surface area contributed by atoms with Gasteiger partial charge < -0.3 is 55.4 Å². The van der Waals surface area contributed by atoms with Gasteiger partial charge in [-0.1, -0.05) is 61.2 Å². The number of hydrogen-bond donors (Lipinski definition) is 10. The molecule has 0 amide bonds. The first-order chi connectivity index (χ1) is 36.1. The third kappa shape index (κ3) is 21.4. The van der Waals surface area contributed by atoms with Crippen LogP contribution >= 0.6 is 0 Å². The predicted molar refractivity (Wildman–Crippen MR) is 281 cm³/mol. The Morgan fingerprint density at radius 1 is 0.653 bits per heavy atom. The summed E-state index contributed by atoms with van der Waals surface area (Å²) in [5.74, 6) is -1.84. The molecule has 0 aliphatic rings. The van der Waals surface area contributed by atoms with E-state index in [-0.39, 0.29) is 48.3 Å². The minimum atomic E-state index is -1.10. The van der Waals surface area contributed by atoms with Crippen molar-refractivity contribution in [2.24, 2.45) is 12.0 Å². The number of aromatic amines is 2. The summed E-state index contributed by atoms with van der Waals surface area (Å²) in [6.45, 7) is 5.27. The van der Waals surface area contributed by atoms with Crippen LogP contribution < -0.4 is 0 Å². The first-order valence-corrected chi connectivity index (χ1v) is 22.0. The van der Waals surface area contributed by atoms with Gasteiger partial charge in [0.2, 0.25) is 0 Å². The first kappa shape index (κ1) is 59.1. The fourth-order valence-electron chi connectivity index (χ4n) is 5.59. The van der Waals surface area contributed by atoms with Crippen molar-refractivity contribution in [3.05, 3.63) is 206 Å². The highest BCUT2D eigenvalue weighted by atomic mass is 16.4. The fraction of sp³-hybridized carbons (Fsp3) is 0.113. The lowest BCUT2D eigenvalue weighted by molar-refractivity contribution is -0.136. The van der Waals surface area contributed by atoms with E-state index in [9.17, 15) is 29.7 Å². The molecule has 10 aromatic rings. The van der Waals surface area contributed by atoms with Crippen molar-refractivity contribution in [2.75, 3.05) is 7.05 Å². The smallest absolute Gasteiger partial charge is 0.354 e. The molecule has 0 saturated heterocycles. The SMILES string of the molecule is C=CC(=NC)C(=O)O.Cc1ccccn1.Cn1ccnc1CO.O=C(O)Cc1ccccn1.O=C(O)c1ccc2cccc(O)c2n1.OCc1cnc[nH]1.Oc1cccc2[nH]cnc12.Oc1cccc2cccnc12. The van der Waals surface area contributed by atoms with Gasteiger partial charge in [-0.25, -0.2) is 29.5 Å². The number of H-pyrrole nitrogens is 2. The van der Waals surface area contributed by atoms with Crippen LogP contribution in [0.4, 0.5) is 0 Å². The first-order valence-electron chi connectivity index (χ1n) is 22.0. The molecule has 0 radical (unpaired) electrons. The number of aromatic nitrogens is 10. The Morgan fingerprint density at radius 2 is 1.28 bits per heavy atom. The van der Waals surface area contributed by atoms with Crippen molar-refractivity contribution >= 4 is 56.5 Å². The number of aromatic carboxylic acids is 1. The van der Waals surface area contributed by atoms with Crippen LogP contribution in [0.15, 0.2) is 183 Å². The number of hydrogen-bond acceptors (Lipinski definition) is 16. The number of carboxylic acid groups (broad SMARTS) is 3. The van der Waals surface area contributed by atoms with Gasteiger partial charge in [-0.15, -0.1) is 0 Å². The average molecular weight is 1020 g/mol. The number of aliphatic hydroxyl groups is 2. The van der Waals surface area contributed by atoms with E-state index in [0.717, 1.165) is 27.7 Å². The van der Waals surface area contributed by atoms with E-state index in [2.05, 4.69) is 56.4 Å². The van der Waals surface area contributed by atoms with Crippen LogP contribution in [0.3, 0.4) is 0 Å². The van der Waals surface area contributed by atoms with Gasteiger partial charge in [-0.2, -0.15) is 0 Å². The highest BCUT2D eigenvalue weighted by molar-refractivity contribution is 6.40. The average Bonchev–Trinajstić information content (AvgIpc) is 4.23. The van der Waals surface area contributed by atoms with Gasteiger partial charge in [0.1, 0.15) is 57.6 Å². The number of benzene rings is 3. The zero-order valence-electron chi connectivity index (χ0n) is 40.8. The van der Waals surface area contributed by atoms with Crippen LogP contribution in [0.1, 0.15) is 33.4 Å². The number of carbonyl (C=O) groups is 3. The summed E-state index contributed by atoms with van der Waals surface area (Å²) in [7, 11) is 3.25. The number of imidazole rings is 3. The van der Waals surface area contributed by atoms with Crippen molar-refractivity contribution in [3.63, 3.8) is 0 Å². The van der Waals surface area contributed by atoms with E-state index in [1.165, 1.54) is 31.6 Å². The number of pyridine rings is 4. The van der Waals surface area contributed by atoms with Gasteiger partial charge in [0.15, 0.2) is 0 Å². The third-order valence-electron chi connectivity index (χ3n) is 9.27. The molecular weight excluding hydrogens is 967 g/mol. The molecule has 10 rings (SSSR count). The van der Waals surface area contributed by atoms with E-state index in [1.54, 1.807) is 109 Å². The zero-order chi connectivity index (χ0) is 55.0. The lowest BCUT2D eigenvalue weighted by Gasteiger charge is -2.00. The number of aliphatic imine (C=N–C) groups is 1. The second kappa shape index (κ2) is 32.6.